The number of anilines is 1. The number of benzene rings is 2. The van der Waals surface area contributed by atoms with Crippen molar-refractivity contribution in [3.8, 4) is 5.75 Å². The first-order valence-electron chi connectivity index (χ1n) is 9.15. The lowest BCUT2D eigenvalue weighted by Gasteiger charge is -2.11. The molecule has 3 rings (SSSR count). The second-order valence-corrected chi connectivity index (χ2v) is 6.56. The highest BCUT2D eigenvalue weighted by Crippen LogP contribution is 2.28. The number of hydrogen-bond acceptors (Lipinski definition) is 8. The Bertz CT molecular complexity index is 1150. The van der Waals surface area contributed by atoms with E-state index in [9.17, 15) is 19.7 Å². The third-order valence-electron chi connectivity index (χ3n) is 4.63. The molecule has 0 spiro atoms. The maximum Gasteiger partial charge on any atom is 0.341 e. The molecule has 0 saturated carbocycles. The number of carbonyl (C=O) groups is 2. The van der Waals surface area contributed by atoms with Crippen LogP contribution in [0, 0.1) is 10.1 Å². The van der Waals surface area contributed by atoms with E-state index in [0.717, 1.165) is 0 Å². The smallest absolute Gasteiger partial charge is 0.341 e. The third-order valence-corrected chi connectivity index (χ3v) is 4.63. The maximum atomic E-state index is 12.6. The molecule has 10 heteroatoms. The molecular weight excluding hydrogens is 404 g/mol. The first kappa shape index (κ1) is 21.5. The summed E-state index contributed by atoms with van der Waals surface area (Å²) < 4.78 is 11.5. The van der Waals surface area contributed by atoms with E-state index in [1.807, 2.05) is 0 Å². The van der Waals surface area contributed by atoms with Gasteiger partial charge in [-0.25, -0.2) is 9.78 Å². The van der Waals surface area contributed by atoms with Crippen LogP contribution in [0.15, 0.2) is 48.8 Å². The number of carbonyl (C=O) groups excluding carboxylic acids is 2. The second-order valence-electron chi connectivity index (χ2n) is 6.56. The summed E-state index contributed by atoms with van der Waals surface area (Å²) in [5, 5.41) is 14.6. The molecule has 10 nitrogen and oxygen atoms in total. The average molecular weight is 424 g/mol. The number of hydrogen-bond donors (Lipinski definition) is 1. The highest BCUT2D eigenvalue weighted by molar-refractivity contribution is 6.07. The zero-order chi connectivity index (χ0) is 22.5. The van der Waals surface area contributed by atoms with Crippen molar-refractivity contribution in [3.05, 3.63) is 81.4 Å². The summed E-state index contributed by atoms with van der Waals surface area (Å²) >= 11 is 0. The fourth-order valence-corrected chi connectivity index (χ4v) is 3.02. The van der Waals surface area contributed by atoms with Crippen molar-refractivity contribution >= 4 is 23.1 Å². The number of nitro groups is 1. The molecule has 0 aliphatic carbocycles. The van der Waals surface area contributed by atoms with E-state index in [1.165, 1.54) is 38.6 Å². The molecule has 0 aliphatic heterocycles. The van der Waals surface area contributed by atoms with Crippen LogP contribution < -0.4 is 10.1 Å². The number of nitrogens with one attached hydrogen (secondary N) is 1. The van der Waals surface area contributed by atoms with Gasteiger partial charge in [-0.2, -0.15) is 0 Å². The Morgan fingerprint density at radius 3 is 2.58 bits per heavy atom. The normalized spacial score (nSPS) is 10.4. The van der Waals surface area contributed by atoms with Crippen LogP contribution in [-0.4, -0.2) is 40.4 Å². The predicted octanol–water partition coefficient (Wildman–Crippen LogP) is 2.97. The molecule has 0 amide bonds. The van der Waals surface area contributed by atoms with Crippen molar-refractivity contribution in [2.75, 3.05) is 19.5 Å². The Morgan fingerprint density at radius 2 is 1.97 bits per heavy atom. The molecule has 0 saturated heterocycles. The fourth-order valence-electron chi connectivity index (χ4n) is 3.02. The van der Waals surface area contributed by atoms with Gasteiger partial charge >= 0.3 is 5.97 Å². The molecule has 0 unspecified atom stereocenters. The lowest BCUT2D eigenvalue weighted by molar-refractivity contribution is -0.384. The summed E-state index contributed by atoms with van der Waals surface area (Å²) in [6, 6.07) is 9.12. The molecule has 0 aliphatic rings. The van der Waals surface area contributed by atoms with Crippen molar-refractivity contribution in [1.29, 1.82) is 0 Å². The van der Waals surface area contributed by atoms with Crippen LogP contribution in [0.4, 0.5) is 11.4 Å². The Hall–Kier alpha value is -4.21. The van der Waals surface area contributed by atoms with Crippen LogP contribution >= 0.6 is 0 Å². The molecule has 0 bridgehead atoms. The lowest BCUT2D eigenvalue weighted by Crippen LogP contribution is -2.10. The number of nitro benzene ring substituents is 1. The van der Waals surface area contributed by atoms with Gasteiger partial charge in [0.15, 0.2) is 5.82 Å². The minimum atomic E-state index is -0.564. The van der Waals surface area contributed by atoms with E-state index in [-0.39, 0.29) is 34.9 Å². The van der Waals surface area contributed by atoms with Gasteiger partial charge in [-0.05, 0) is 29.8 Å². The third kappa shape index (κ3) is 4.53. The van der Waals surface area contributed by atoms with Crippen LogP contribution in [-0.2, 0) is 18.3 Å². The summed E-state index contributed by atoms with van der Waals surface area (Å²) in [6.07, 6.45) is 3.10. The Kier molecular flexibility index (Phi) is 6.29. The van der Waals surface area contributed by atoms with Gasteiger partial charge in [0.1, 0.15) is 17.0 Å². The van der Waals surface area contributed by atoms with Crippen molar-refractivity contribution < 1.29 is 24.0 Å². The fraction of sp³-hybridized carbons (Fsp3) is 0.190. The van der Waals surface area contributed by atoms with Crippen LogP contribution in [0.5, 0.6) is 5.75 Å². The molecule has 0 fully saturated rings. The average Bonchev–Trinajstić information content (AvgIpc) is 3.21. The summed E-state index contributed by atoms with van der Waals surface area (Å²) in [5.74, 6) is -0.427. The van der Waals surface area contributed by atoms with Gasteiger partial charge in [0.2, 0.25) is 5.78 Å². The molecule has 3 aromatic rings. The van der Waals surface area contributed by atoms with Crippen LogP contribution in [0.3, 0.4) is 0 Å². The monoisotopic (exact) mass is 424 g/mol. The van der Waals surface area contributed by atoms with Crippen LogP contribution in [0.1, 0.15) is 32.1 Å². The summed E-state index contributed by atoms with van der Waals surface area (Å²) in [6.45, 7) is 0.196. The Balaban J connectivity index is 1.85. The van der Waals surface area contributed by atoms with E-state index in [1.54, 1.807) is 36.0 Å². The van der Waals surface area contributed by atoms with E-state index in [2.05, 4.69) is 10.3 Å². The molecule has 1 heterocycles. The van der Waals surface area contributed by atoms with Gasteiger partial charge in [0.05, 0.1) is 19.1 Å². The number of ether oxygens (including phenoxy) is 2. The van der Waals surface area contributed by atoms with E-state index in [4.69, 9.17) is 9.47 Å². The zero-order valence-corrected chi connectivity index (χ0v) is 17.1. The topological polar surface area (TPSA) is 126 Å². The lowest BCUT2D eigenvalue weighted by atomic mass is 10.1. The maximum absolute atomic E-state index is 12.6. The molecule has 160 valence electrons. The van der Waals surface area contributed by atoms with Gasteiger partial charge in [-0.1, -0.05) is 6.07 Å². The molecule has 2 aromatic carbocycles. The number of esters is 1. The SMILES string of the molecule is COC(=O)c1cc(CNc2ccc(C(=O)c3nccn3C)cc2[N+](=O)[O-])ccc1OC. The van der Waals surface area contributed by atoms with Gasteiger partial charge in [0.25, 0.3) is 5.69 Å². The largest absolute Gasteiger partial charge is 0.496 e. The number of nitrogens with zero attached hydrogens (tertiary/aromatic N) is 3. The number of methoxy groups -OCH3 is 2. The molecule has 1 aromatic heterocycles. The second kappa shape index (κ2) is 9.08. The number of ketones is 1. The van der Waals surface area contributed by atoms with E-state index >= 15 is 0 Å². The highest BCUT2D eigenvalue weighted by Gasteiger charge is 2.21. The van der Waals surface area contributed by atoms with Crippen LogP contribution in [0.2, 0.25) is 0 Å². The van der Waals surface area contributed by atoms with E-state index < -0.39 is 16.7 Å². The van der Waals surface area contributed by atoms with Crippen molar-refractivity contribution in [2.24, 2.45) is 7.05 Å². The summed E-state index contributed by atoms with van der Waals surface area (Å²) in [4.78, 5) is 39.5. The number of imidazole rings is 1. The molecular formula is C21H20N4O6. The summed E-state index contributed by atoms with van der Waals surface area (Å²) in [7, 11) is 4.38. The quantitative estimate of drug-likeness (QED) is 0.253. The van der Waals surface area contributed by atoms with Gasteiger partial charge in [0, 0.05) is 37.6 Å². The van der Waals surface area contributed by atoms with Crippen molar-refractivity contribution in [2.45, 2.75) is 6.54 Å². The molecule has 1 N–H and O–H groups in total. The standard InChI is InChI=1S/C21H20N4O6/c1-24-9-8-22-20(24)19(26)14-5-6-16(17(11-14)25(28)29)23-12-13-4-7-18(30-2)15(10-13)21(27)31-3/h4-11,23H,12H2,1-3H3. The molecule has 0 atom stereocenters. The highest BCUT2D eigenvalue weighted by atomic mass is 16.6. The van der Waals surface area contributed by atoms with Gasteiger partial charge in [-0.15, -0.1) is 0 Å². The number of rotatable bonds is 8. The predicted molar refractivity (Wildman–Crippen MR) is 111 cm³/mol. The molecule has 0 radical (unpaired) electrons. The Labute approximate surface area is 177 Å². The van der Waals surface area contributed by atoms with Crippen LogP contribution in [0.25, 0.3) is 0 Å². The minimum absolute atomic E-state index is 0.156. The minimum Gasteiger partial charge on any atom is -0.496 e. The van der Waals surface area contributed by atoms with Crippen molar-refractivity contribution in [1.82, 2.24) is 9.55 Å². The number of aromatic nitrogens is 2. The first-order chi connectivity index (χ1) is 14.8. The Morgan fingerprint density at radius 1 is 1.19 bits per heavy atom. The number of aryl methyl sites for hydroxylation is 1. The van der Waals surface area contributed by atoms with Crippen molar-refractivity contribution in [3.63, 3.8) is 0 Å². The first-order valence-corrected chi connectivity index (χ1v) is 9.15. The molecule has 31 heavy (non-hydrogen) atoms. The van der Waals surface area contributed by atoms with E-state index in [0.29, 0.717) is 11.3 Å². The zero-order valence-electron chi connectivity index (χ0n) is 17.1. The summed E-state index contributed by atoms with van der Waals surface area (Å²) in [5.41, 5.74) is 1.07. The van der Waals surface area contributed by atoms with Gasteiger partial charge in [-0.3, -0.25) is 14.9 Å². The van der Waals surface area contributed by atoms with Gasteiger partial charge < -0.3 is 19.4 Å².